The third kappa shape index (κ3) is 0.840. The first-order chi connectivity index (χ1) is 3.80. The Bertz CT molecular complexity index is 131. The Hall–Kier alpha value is -0.900. The Morgan fingerprint density at radius 1 is 1.88 bits per heavy atom. The number of aliphatic imine (C=N–C) groups is 1. The molecule has 0 saturated heterocycles. The van der Waals surface area contributed by atoms with Crippen LogP contribution in [0, 0.1) is 0 Å². The van der Waals surface area contributed by atoms with Crippen LogP contribution in [-0.4, -0.2) is 23.8 Å². The van der Waals surface area contributed by atoms with Gasteiger partial charge in [0, 0.05) is 13.0 Å². The minimum Gasteiger partial charge on any atom is -0.273 e. The van der Waals surface area contributed by atoms with Gasteiger partial charge in [0.25, 0.3) is 0 Å². The van der Waals surface area contributed by atoms with Crippen molar-refractivity contribution >= 4 is 12.2 Å². The third-order valence-electron chi connectivity index (χ3n) is 0.949. The molecule has 0 aliphatic carbocycles. The highest BCUT2D eigenvalue weighted by molar-refractivity contribution is 5.88. The zero-order valence-electron chi connectivity index (χ0n) is 4.37. The molecule has 0 unspecified atom stereocenters. The highest BCUT2D eigenvalue weighted by atomic mass is 16.2. The van der Waals surface area contributed by atoms with E-state index in [1.807, 2.05) is 0 Å². The Labute approximate surface area is 47.0 Å². The highest BCUT2D eigenvalue weighted by Crippen LogP contribution is 1.91. The van der Waals surface area contributed by atoms with Crippen LogP contribution in [0.15, 0.2) is 4.99 Å². The van der Waals surface area contributed by atoms with Crippen molar-refractivity contribution in [3.05, 3.63) is 0 Å². The maximum atomic E-state index is 10.5. The average molecular weight is 113 g/mol. The van der Waals surface area contributed by atoms with E-state index in [4.69, 9.17) is 5.84 Å². The van der Waals surface area contributed by atoms with Crippen LogP contribution in [0.1, 0.15) is 6.42 Å². The Kier molecular flexibility index (Phi) is 1.26. The minimum atomic E-state index is -0.0694. The SMILES string of the molecule is NN1C=NCCC1=O. The topological polar surface area (TPSA) is 58.7 Å². The molecule has 2 N–H and O–H groups in total. The number of carbonyl (C=O) groups excluding carboxylic acids is 1. The molecule has 1 aliphatic rings. The molecule has 1 aliphatic heterocycles. The smallest absolute Gasteiger partial charge is 0.243 e. The highest BCUT2D eigenvalue weighted by Gasteiger charge is 2.08. The molecule has 4 nitrogen and oxygen atoms in total. The normalized spacial score (nSPS) is 19.6. The van der Waals surface area contributed by atoms with E-state index in [0.717, 1.165) is 5.01 Å². The summed E-state index contributed by atoms with van der Waals surface area (Å²) in [5, 5.41) is 1.00. The number of nitrogens with two attached hydrogens (primary N) is 1. The van der Waals surface area contributed by atoms with Gasteiger partial charge in [-0.15, -0.1) is 0 Å². The van der Waals surface area contributed by atoms with E-state index in [0.29, 0.717) is 13.0 Å². The van der Waals surface area contributed by atoms with Gasteiger partial charge < -0.3 is 0 Å². The first-order valence-corrected chi connectivity index (χ1v) is 2.37. The summed E-state index contributed by atoms with van der Waals surface area (Å²) in [4.78, 5) is 14.3. The molecule has 1 heterocycles. The lowest BCUT2D eigenvalue weighted by Crippen LogP contribution is -2.38. The summed E-state index contributed by atoms with van der Waals surface area (Å²) >= 11 is 0. The van der Waals surface area contributed by atoms with Crippen LogP contribution in [0.5, 0.6) is 0 Å². The number of hydrazine groups is 1. The van der Waals surface area contributed by atoms with Crippen LogP contribution in [0.4, 0.5) is 0 Å². The monoisotopic (exact) mass is 113 g/mol. The summed E-state index contributed by atoms with van der Waals surface area (Å²) in [6.45, 7) is 0.576. The quantitative estimate of drug-likeness (QED) is 0.327. The predicted octanol–water partition coefficient (Wildman–Crippen LogP) is -0.879. The molecule has 8 heavy (non-hydrogen) atoms. The molecule has 0 bridgehead atoms. The number of nitrogens with zero attached hydrogens (tertiary/aromatic N) is 2. The summed E-state index contributed by atoms with van der Waals surface area (Å²) in [5.41, 5.74) is 0. The number of carbonyl (C=O) groups is 1. The van der Waals surface area contributed by atoms with Gasteiger partial charge in [-0.05, 0) is 0 Å². The molecule has 0 saturated carbocycles. The maximum absolute atomic E-state index is 10.5. The van der Waals surface area contributed by atoms with Crippen molar-refractivity contribution in [2.24, 2.45) is 10.8 Å². The van der Waals surface area contributed by atoms with E-state index in [2.05, 4.69) is 4.99 Å². The first kappa shape index (κ1) is 5.24. The van der Waals surface area contributed by atoms with Crippen LogP contribution in [0.25, 0.3) is 0 Å². The lowest BCUT2D eigenvalue weighted by atomic mass is 10.4. The summed E-state index contributed by atoms with van der Waals surface area (Å²) in [5.74, 6) is 5.04. The second-order valence-corrected chi connectivity index (χ2v) is 1.57. The molecule has 0 aromatic rings. The van der Waals surface area contributed by atoms with Gasteiger partial charge in [-0.3, -0.25) is 9.79 Å². The van der Waals surface area contributed by atoms with E-state index in [9.17, 15) is 4.79 Å². The second-order valence-electron chi connectivity index (χ2n) is 1.57. The van der Waals surface area contributed by atoms with Crippen LogP contribution in [0.3, 0.4) is 0 Å². The van der Waals surface area contributed by atoms with Gasteiger partial charge in [0.15, 0.2) is 0 Å². The average Bonchev–Trinajstić information content (AvgIpc) is 1.77. The molecular formula is C4H7N3O. The number of amides is 1. The molecule has 0 spiro atoms. The summed E-state index contributed by atoms with van der Waals surface area (Å²) in [6, 6.07) is 0. The number of rotatable bonds is 0. The largest absolute Gasteiger partial charge is 0.273 e. The van der Waals surface area contributed by atoms with E-state index in [1.165, 1.54) is 6.34 Å². The van der Waals surface area contributed by atoms with E-state index in [-0.39, 0.29) is 5.91 Å². The molecule has 0 aromatic heterocycles. The van der Waals surface area contributed by atoms with Crippen LogP contribution >= 0.6 is 0 Å². The lowest BCUT2D eigenvalue weighted by molar-refractivity contribution is -0.127. The molecular weight excluding hydrogens is 106 g/mol. The maximum Gasteiger partial charge on any atom is 0.243 e. The molecule has 1 amide bonds. The van der Waals surface area contributed by atoms with Crippen molar-refractivity contribution in [2.75, 3.05) is 6.54 Å². The third-order valence-corrected chi connectivity index (χ3v) is 0.949. The standard InChI is InChI=1S/C4H7N3O/c5-7-3-6-2-1-4(7)8/h3H,1-2,5H2. The first-order valence-electron chi connectivity index (χ1n) is 2.37. The lowest BCUT2D eigenvalue weighted by Gasteiger charge is -2.12. The fourth-order valence-electron chi connectivity index (χ4n) is 0.499. The molecule has 0 fully saturated rings. The van der Waals surface area contributed by atoms with Gasteiger partial charge in [-0.25, -0.2) is 10.9 Å². The van der Waals surface area contributed by atoms with Crippen LogP contribution in [-0.2, 0) is 4.79 Å². The van der Waals surface area contributed by atoms with Crippen molar-refractivity contribution in [3.63, 3.8) is 0 Å². The Balaban J connectivity index is 2.60. The zero-order chi connectivity index (χ0) is 5.98. The second kappa shape index (κ2) is 1.92. The van der Waals surface area contributed by atoms with E-state index >= 15 is 0 Å². The summed E-state index contributed by atoms with van der Waals surface area (Å²) in [6.07, 6.45) is 1.78. The molecule has 0 radical (unpaired) electrons. The van der Waals surface area contributed by atoms with Crippen molar-refractivity contribution < 1.29 is 4.79 Å². The number of hydrogen-bond donors (Lipinski definition) is 1. The van der Waals surface area contributed by atoms with Crippen molar-refractivity contribution in [1.29, 1.82) is 0 Å². The Morgan fingerprint density at radius 3 is 3.00 bits per heavy atom. The fourth-order valence-corrected chi connectivity index (χ4v) is 0.499. The van der Waals surface area contributed by atoms with Crippen molar-refractivity contribution in [1.82, 2.24) is 5.01 Å². The number of hydrogen-bond acceptors (Lipinski definition) is 3. The van der Waals surface area contributed by atoms with Crippen LogP contribution in [0.2, 0.25) is 0 Å². The van der Waals surface area contributed by atoms with Crippen molar-refractivity contribution in [2.45, 2.75) is 6.42 Å². The predicted molar refractivity (Wildman–Crippen MR) is 29.0 cm³/mol. The summed E-state index contributed by atoms with van der Waals surface area (Å²) < 4.78 is 0. The van der Waals surface area contributed by atoms with Gasteiger partial charge in [-0.2, -0.15) is 0 Å². The summed E-state index contributed by atoms with van der Waals surface area (Å²) in [7, 11) is 0. The van der Waals surface area contributed by atoms with Gasteiger partial charge in [0.2, 0.25) is 5.91 Å². The van der Waals surface area contributed by atoms with Crippen LogP contribution < -0.4 is 5.84 Å². The zero-order valence-corrected chi connectivity index (χ0v) is 4.37. The Morgan fingerprint density at radius 2 is 2.62 bits per heavy atom. The van der Waals surface area contributed by atoms with Gasteiger partial charge in [-0.1, -0.05) is 0 Å². The van der Waals surface area contributed by atoms with E-state index in [1.54, 1.807) is 0 Å². The molecule has 0 atom stereocenters. The molecule has 44 valence electrons. The fraction of sp³-hybridized carbons (Fsp3) is 0.500. The van der Waals surface area contributed by atoms with Gasteiger partial charge in [0.1, 0.15) is 6.34 Å². The molecule has 1 rings (SSSR count). The van der Waals surface area contributed by atoms with E-state index < -0.39 is 0 Å². The minimum absolute atomic E-state index is 0.0694. The van der Waals surface area contributed by atoms with Gasteiger partial charge >= 0.3 is 0 Å². The van der Waals surface area contributed by atoms with Gasteiger partial charge in [0.05, 0.1) is 0 Å². The molecule has 0 aromatic carbocycles. The molecule has 4 heteroatoms. The van der Waals surface area contributed by atoms with Crippen molar-refractivity contribution in [3.8, 4) is 0 Å².